The molecule has 2 saturated heterocycles. The van der Waals surface area contributed by atoms with Crippen molar-refractivity contribution in [2.24, 2.45) is 0 Å². The van der Waals surface area contributed by atoms with Gasteiger partial charge in [0.1, 0.15) is 5.65 Å². The second kappa shape index (κ2) is 9.60. The Balaban J connectivity index is 1.29. The van der Waals surface area contributed by atoms with Crippen LogP contribution in [0.15, 0.2) is 43.0 Å². The third kappa shape index (κ3) is 4.58. The van der Waals surface area contributed by atoms with Crippen LogP contribution in [-0.4, -0.2) is 106 Å². The molecule has 2 amide bonds. The fourth-order valence-electron chi connectivity index (χ4n) is 5.28. The Labute approximate surface area is 215 Å². The largest absolute Gasteiger partial charge is 0.349 e. The fourth-order valence-corrected chi connectivity index (χ4v) is 5.28. The van der Waals surface area contributed by atoms with Crippen LogP contribution < -0.4 is 5.32 Å². The quantitative estimate of drug-likeness (QED) is 0.445. The van der Waals surface area contributed by atoms with Crippen molar-refractivity contribution in [2.75, 3.05) is 53.4 Å². The van der Waals surface area contributed by atoms with E-state index in [0.29, 0.717) is 29.9 Å². The summed E-state index contributed by atoms with van der Waals surface area (Å²) in [5.41, 5.74) is 4.48. The molecule has 6 rings (SSSR count). The number of aromatic amines is 1. The zero-order valence-corrected chi connectivity index (χ0v) is 21.3. The summed E-state index contributed by atoms with van der Waals surface area (Å²) in [4.78, 5) is 40.4. The Morgan fingerprint density at radius 1 is 1.00 bits per heavy atom. The summed E-state index contributed by atoms with van der Waals surface area (Å²) < 4.78 is 1.74. The average Bonchev–Trinajstić information content (AvgIpc) is 3.53. The predicted molar refractivity (Wildman–Crippen MR) is 142 cm³/mol. The molecule has 0 spiro atoms. The fraction of sp³-hybridized carbons (Fsp3) is 0.407. The molecule has 37 heavy (non-hydrogen) atoms. The molecule has 0 saturated carbocycles. The number of likely N-dealkylation sites (N-methyl/N-ethyl adjacent to an activating group) is 1. The van der Waals surface area contributed by atoms with E-state index in [9.17, 15) is 9.59 Å². The molecule has 10 heteroatoms. The summed E-state index contributed by atoms with van der Waals surface area (Å²) in [6, 6.07) is 6.04. The normalized spacial score (nSPS) is 18.1. The highest BCUT2D eigenvalue weighted by Crippen LogP contribution is 2.30. The first-order valence-corrected chi connectivity index (χ1v) is 12.9. The summed E-state index contributed by atoms with van der Waals surface area (Å²) in [6.45, 7) is 5.13. The number of H-pyrrole nitrogens is 1. The van der Waals surface area contributed by atoms with Crippen LogP contribution in [0.3, 0.4) is 0 Å². The molecule has 0 aliphatic carbocycles. The van der Waals surface area contributed by atoms with Crippen LogP contribution in [0.25, 0.3) is 27.7 Å². The molecule has 4 aromatic heterocycles. The minimum absolute atomic E-state index is 0.00806. The molecule has 0 aromatic carbocycles. The minimum Gasteiger partial charge on any atom is -0.349 e. The maximum absolute atomic E-state index is 13.3. The van der Waals surface area contributed by atoms with Gasteiger partial charge in [0.25, 0.3) is 11.8 Å². The Hall–Kier alpha value is -3.76. The van der Waals surface area contributed by atoms with Gasteiger partial charge in [-0.2, -0.15) is 5.10 Å². The molecule has 0 bridgehead atoms. The molecule has 10 nitrogen and oxygen atoms in total. The second-order valence-electron chi connectivity index (χ2n) is 10.3. The van der Waals surface area contributed by atoms with Crippen molar-refractivity contribution in [1.29, 1.82) is 0 Å². The zero-order valence-electron chi connectivity index (χ0n) is 21.3. The summed E-state index contributed by atoms with van der Waals surface area (Å²) in [7, 11) is 4.18. The van der Waals surface area contributed by atoms with Gasteiger partial charge in [0, 0.05) is 61.8 Å². The number of piperidine rings is 1. The van der Waals surface area contributed by atoms with Crippen molar-refractivity contribution in [1.82, 2.24) is 39.6 Å². The molecule has 0 unspecified atom stereocenters. The van der Waals surface area contributed by atoms with E-state index in [4.69, 9.17) is 0 Å². The van der Waals surface area contributed by atoms with Gasteiger partial charge in [-0.05, 0) is 63.8 Å². The number of likely N-dealkylation sites (tertiary alicyclic amines) is 1. The van der Waals surface area contributed by atoms with Crippen LogP contribution in [0.2, 0.25) is 0 Å². The van der Waals surface area contributed by atoms with E-state index in [1.54, 1.807) is 16.9 Å². The van der Waals surface area contributed by atoms with E-state index in [0.717, 1.165) is 61.1 Å². The number of nitrogens with zero attached hydrogens (tertiary/aromatic N) is 6. The Kier molecular flexibility index (Phi) is 6.13. The van der Waals surface area contributed by atoms with E-state index in [1.807, 2.05) is 35.5 Å². The van der Waals surface area contributed by atoms with Crippen LogP contribution >= 0.6 is 0 Å². The lowest BCUT2D eigenvalue weighted by molar-refractivity contribution is 0.0666. The first-order valence-electron chi connectivity index (χ1n) is 12.9. The molecule has 0 radical (unpaired) electrons. The molecular weight excluding hydrogens is 468 g/mol. The number of aromatic nitrogens is 4. The van der Waals surface area contributed by atoms with Crippen molar-refractivity contribution in [3.05, 3.63) is 54.1 Å². The molecule has 2 aliphatic rings. The standard InChI is InChI=1S/C27H32N8O2/c1-32-6-4-20(5-7-32)31-26(36)19-13-21-22(16-29-25(21)28-15-19)18-3-8-35-24(14-18)23(17-30-35)27(37)34-11-9-33(2)10-12-34/h3,8,13-17,20H,4-7,9-12H2,1-2H3,(H,28,29)(H,31,36). The third-order valence-corrected chi connectivity index (χ3v) is 7.70. The number of pyridine rings is 2. The van der Waals surface area contributed by atoms with Crippen LogP contribution in [0.1, 0.15) is 33.6 Å². The second-order valence-corrected chi connectivity index (χ2v) is 10.3. The van der Waals surface area contributed by atoms with E-state index in [-0.39, 0.29) is 17.9 Å². The third-order valence-electron chi connectivity index (χ3n) is 7.70. The number of amides is 2. The first kappa shape index (κ1) is 23.6. The average molecular weight is 501 g/mol. The van der Waals surface area contributed by atoms with Crippen LogP contribution in [-0.2, 0) is 0 Å². The number of carbonyl (C=O) groups excluding carboxylic acids is 2. The van der Waals surface area contributed by atoms with Crippen molar-refractivity contribution in [3.8, 4) is 11.1 Å². The summed E-state index contributed by atoms with van der Waals surface area (Å²) in [6.07, 6.45) is 8.96. The topological polar surface area (TPSA) is 102 Å². The molecule has 2 N–H and O–H groups in total. The Morgan fingerprint density at radius 2 is 1.76 bits per heavy atom. The Bertz CT molecular complexity index is 1460. The molecule has 0 atom stereocenters. The van der Waals surface area contributed by atoms with E-state index in [2.05, 4.69) is 44.3 Å². The highest BCUT2D eigenvalue weighted by atomic mass is 16.2. The number of hydrogen-bond donors (Lipinski definition) is 2. The van der Waals surface area contributed by atoms with Gasteiger partial charge in [-0.3, -0.25) is 9.59 Å². The van der Waals surface area contributed by atoms with Crippen molar-refractivity contribution in [2.45, 2.75) is 18.9 Å². The molecule has 2 aliphatic heterocycles. The van der Waals surface area contributed by atoms with Crippen molar-refractivity contribution < 1.29 is 9.59 Å². The van der Waals surface area contributed by atoms with Crippen LogP contribution in [0, 0.1) is 0 Å². The maximum Gasteiger partial charge on any atom is 0.257 e. The lowest BCUT2D eigenvalue weighted by Gasteiger charge is -2.32. The minimum atomic E-state index is -0.0950. The highest BCUT2D eigenvalue weighted by molar-refractivity contribution is 6.03. The number of carbonyl (C=O) groups is 2. The lowest BCUT2D eigenvalue weighted by atomic mass is 10.0. The number of piperazine rings is 1. The maximum atomic E-state index is 13.3. The van der Waals surface area contributed by atoms with E-state index in [1.165, 1.54) is 0 Å². The van der Waals surface area contributed by atoms with Gasteiger partial charge < -0.3 is 25.0 Å². The molecule has 4 aromatic rings. The van der Waals surface area contributed by atoms with E-state index >= 15 is 0 Å². The number of nitrogens with one attached hydrogen (secondary N) is 2. The molecule has 192 valence electrons. The van der Waals surface area contributed by atoms with Gasteiger partial charge in [-0.25, -0.2) is 9.50 Å². The van der Waals surface area contributed by atoms with Gasteiger partial charge in [-0.15, -0.1) is 0 Å². The summed E-state index contributed by atoms with van der Waals surface area (Å²) in [5.74, 6) is -0.0869. The van der Waals surface area contributed by atoms with Gasteiger partial charge >= 0.3 is 0 Å². The SMILES string of the molecule is CN1CCC(NC(=O)c2cnc3[nH]cc(-c4ccn5ncc(C(=O)N6CCN(C)CC6)c5c4)c3c2)CC1. The van der Waals surface area contributed by atoms with Crippen LogP contribution in [0.5, 0.6) is 0 Å². The van der Waals surface area contributed by atoms with Crippen LogP contribution in [0.4, 0.5) is 0 Å². The smallest absolute Gasteiger partial charge is 0.257 e. The lowest BCUT2D eigenvalue weighted by Crippen LogP contribution is -2.47. The number of hydrogen-bond acceptors (Lipinski definition) is 6. The van der Waals surface area contributed by atoms with Gasteiger partial charge in [-0.1, -0.05) is 0 Å². The molecular formula is C27H32N8O2. The summed E-state index contributed by atoms with van der Waals surface area (Å²) >= 11 is 0. The van der Waals surface area contributed by atoms with Gasteiger partial charge in [0.05, 0.1) is 22.8 Å². The summed E-state index contributed by atoms with van der Waals surface area (Å²) in [5, 5.41) is 8.46. The van der Waals surface area contributed by atoms with E-state index < -0.39 is 0 Å². The van der Waals surface area contributed by atoms with Gasteiger partial charge in [0.2, 0.25) is 0 Å². The first-order chi connectivity index (χ1) is 18.0. The zero-order chi connectivity index (χ0) is 25.5. The highest BCUT2D eigenvalue weighted by Gasteiger charge is 2.24. The number of fused-ring (bicyclic) bond motifs is 2. The molecule has 2 fully saturated rings. The Morgan fingerprint density at radius 3 is 2.54 bits per heavy atom. The monoisotopic (exact) mass is 500 g/mol. The predicted octanol–water partition coefficient (Wildman–Crippen LogP) is 2.09. The van der Waals surface area contributed by atoms with Crippen molar-refractivity contribution in [3.63, 3.8) is 0 Å². The van der Waals surface area contributed by atoms with Gasteiger partial charge in [0.15, 0.2) is 0 Å². The van der Waals surface area contributed by atoms with Crippen molar-refractivity contribution >= 4 is 28.4 Å². The molecule has 6 heterocycles. The number of rotatable bonds is 4.